The molecule has 0 aliphatic rings. The summed E-state index contributed by atoms with van der Waals surface area (Å²) in [4.78, 5) is 2.20. The Hall–Kier alpha value is -1.56. The van der Waals surface area contributed by atoms with Gasteiger partial charge in [0.15, 0.2) is 5.11 Å². The Morgan fingerprint density at radius 1 is 1.20 bits per heavy atom. The number of hydrazone groups is 1. The lowest BCUT2D eigenvalue weighted by Crippen LogP contribution is -2.24. The Morgan fingerprint density at radius 3 is 2.60 bits per heavy atom. The summed E-state index contributed by atoms with van der Waals surface area (Å²) in [5.41, 5.74) is 8.85. The summed E-state index contributed by atoms with van der Waals surface area (Å²) in [6.07, 6.45) is 1.69. The molecule has 102 valence electrons. The van der Waals surface area contributed by atoms with Crippen LogP contribution in [0.1, 0.15) is 5.56 Å². The number of thiocarbonyl (C=S) groups is 1. The highest BCUT2D eigenvalue weighted by Crippen LogP contribution is 2.30. The molecule has 2 aromatic carbocycles. The lowest BCUT2D eigenvalue weighted by Gasteiger charge is -2.05. The minimum Gasteiger partial charge on any atom is -0.375 e. The topological polar surface area (TPSA) is 50.4 Å². The van der Waals surface area contributed by atoms with Crippen molar-refractivity contribution in [1.29, 1.82) is 0 Å². The van der Waals surface area contributed by atoms with E-state index in [1.165, 1.54) is 0 Å². The van der Waals surface area contributed by atoms with Crippen LogP contribution in [0.2, 0.25) is 5.02 Å². The van der Waals surface area contributed by atoms with Gasteiger partial charge in [0.25, 0.3) is 0 Å². The lowest BCUT2D eigenvalue weighted by molar-refractivity contribution is 1.04. The van der Waals surface area contributed by atoms with Crippen LogP contribution >= 0.6 is 35.6 Å². The molecule has 0 atom stereocenters. The van der Waals surface area contributed by atoms with E-state index in [1.807, 2.05) is 48.5 Å². The van der Waals surface area contributed by atoms with Crippen molar-refractivity contribution in [2.75, 3.05) is 0 Å². The second-order valence-corrected chi connectivity index (χ2v) is 5.82. The minimum atomic E-state index is 0.143. The number of nitrogens with one attached hydrogen (secondary N) is 1. The van der Waals surface area contributed by atoms with Crippen LogP contribution in [-0.2, 0) is 0 Å². The Morgan fingerprint density at radius 2 is 1.90 bits per heavy atom. The predicted molar refractivity (Wildman–Crippen MR) is 89.5 cm³/mol. The van der Waals surface area contributed by atoms with Gasteiger partial charge in [-0.15, -0.1) is 0 Å². The maximum absolute atomic E-state index is 5.88. The van der Waals surface area contributed by atoms with Crippen molar-refractivity contribution in [1.82, 2.24) is 5.43 Å². The Kier molecular flexibility index (Phi) is 5.40. The van der Waals surface area contributed by atoms with Gasteiger partial charge < -0.3 is 5.73 Å². The van der Waals surface area contributed by atoms with Crippen LogP contribution in [0, 0.1) is 0 Å². The number of nitrogens with two attached hydrogens (primary N) is 1. The second kappa shape index (κ2) is 7.28. The summed E-state index contributed by atoms with van der Waals surface area (Å²) >= 11 is 12.2. The first-order valence-electron chi connectivity index (χ1n) is 5.76. The van der Waals surface area contributed by atoms with Crippen LogP contribution in [0.25, 0.3) is 0 Å². The van der Waals surface area contributed by atoms with E-state index in [2.05, 4.69) is 10.5 Å². The molecule has 3 nitrogen and oxygen atoms in total. The van der Waals surface area contributed by atoms with Gasteiger partial charge in [-0.2, -0.15) is 5.10 Å². The summed E-state index contributed by atoms with van der Waals surface area (Å²) in [7, 11) is 0. The average Bonchev–Trinajstić information content (AvgIpc) is 2.43. The third-order valence-corrected chi connectivity index (χ3v) is 3.78. The van der Waals surface area contributed by atoms with Gasteiger partial charge in [-0.25, -0.2) is 0 Å². The van der Waals surface area contributed by atoms with Gasteiger partial charge in [0.05, 0.1) is 6.21 Å². The van der Waals surface area contributed by atoms with Gasteiger partial charge in [0, 0.05) is 20.4 Å². The molecule has 0 bridgehead atoms. The van der Waals surface area contributed by atoms with E-state index in [4.69, 9.17) is 29.6 Å². The van der Waals surface area contributed by atoms with E-state index < -0.39 is 0 Å². The van der Waals surface area contributed by atoms with Gasteiger partial charge in [-0.3, -0.25) is 5.43 Å². The summed E-state index contributed by atoms with van der Waals surface area (Å²) in [6, 6.07) is 15.6. The zero-order valence-corrected chi connectivity index (χ0v) is 12.8. The quantitative estimate of drug-likeness (QED) is 0.512. The number of benzene rings is 2. The molecule has 0 aromatic heterocycles. The maximum atomic E-state index is 5.88. The second-order valence-electron chi connectivity index (χ2n) is 3.83. The molecule has 0 fully saturated rings. The van der Waals surface area contributed by atoms with Crippen LogP contribution < -0.4 is 11.2 Å². The summed E-state index contributed by atoms with van der Waals surface area (Å²) in [5.74, 6) is 0. The SMILES string of the molecule is NC(=S)NN=Cc1ccccc1Sc1ccc(Cl)cc1. The Balaban J connectivity index is 2.17. The molecule has 2 aromatic rings. The fourth-order valence-corrected chi connectivity index (χ4v) is 2.57. The molecule has 0 aliphatic heterocycles. The third-order valence-electron chi connectivity index (χ3n) is 2.34. The van der Waals surface area contributed by atoms with Gasteiger partial charge in [0.1, 0.15) is 0 Å². The molecule has 2 rings (SSSR count). The molecule has 0 saturated heterocycles. The number of nitrogens with zero attached hydrogens (tertiary/aromatic N) is 1. The zero-order valence-electron chi connectivity index (χ0n) is 10.4. The van der Waals surface area contributed by atoms with Gasteiger partial charge in [-0.05, 0) is 42.5 Å². The number of hydrogen-bond acceptors (Lipinski definition) is 3. The molecule has 0 amide bonds. The first-order valence-corrected chi connectivity index (χ1v) is 7.36. The van der Waals surface area contributed by atoms with E-state index in [0.29, 0.717) is 0 Å². The molecule has 20 heavy (non-hydrogen) atoms. The molecule has 0 radical (unpaired) electrons. The highest BCUT2D eigenvalue weighted by Gasteiger charge is 2.02. The first-order chi connectivity index (χ1) is 9.65. The number of hydrogen-bond donors (Lipinski definition) is 2. The normalized spacial score (nSPS) is 10.7. The molecule has 0 saturated carbocycles. The van der Waals surface area contributed by atoms with E-state index in [0.717, 1.165) is 20.4 Å². The van der Waals surface area contributed by atoms with Crippen molar-refractivity contribution in [3.8, 4) is 0 Å². The van der Waals surface area contributed by atoms with Gasteiger partial charge in [-0.1, -0.05) is 41.6 Å². The Labute approximate surface area is 132 Å². The van der Waals surface area contributed by atoms with Crippen LogP contribution in [0.15, 0.2) is 63.4 Å². The maximum Gasteiger partial charge on any atom is 0.184 e. The van der Waals surface area contributed by atoms with E-state index in [-0.39, 0.29) is 5.11 Å². The summed E-state index contributed by atoms with van der Waals surface area (Å²) in [6.45, 7) is 0. The molecule has 0 unspecified atom stereocenters. The third kappa shape index (κ3) is 4.52. The van der Waals surface area contributed by atoms with Crippen molar-refractivity contribution in [3.05, 3.63) is 59.1 Å². The van der Waals surface area contributed by atoms with Crippen molar-refractivity contribution in [2.24, 2.45) is 10.8 Å². The zero-order chi connectivity index (χ0) is 14.4. The van der Waals surface area contributed by atoms with Crippen molar-refractivity contribution in [2.45, 2.75) is 9.79 Å². The highest BCUT2D eigenvalue weighted by atomic mass is 35.5. The average molecular weight is 322 g/mol. The lowest BCUT2D eigenvalue weighted by atomic mass is 10.2. The van der Waals surface area contributed by atoms with Crippen LogP contribution in [0.4, 0.5) is 0 Å². The molecule has 0 aliphatic carbocycles. The van der Waals surface area contributed by atoms with Crippen molar-refractivity contribution < 1.29 is 0 Å². The molecule has 3 N–H and O–H groups in total. The highest BCUT2D eigenvalue weighted by molar-refractivity contribution is 7.99. The first kappa shape index (κ1) is 14.8. The molecular weight excluding hydrogens is 310 g/mol. The fourth-order valence-electron chi connectivity index (χ4n) is 1.48. The van der Waals surface area contributed by atoms with E-state index >= 15 is 0 Å². The number of halogens is 1. The Bertz CT molecular complexity index is 627. The predicted octanol–water partition coefficient (Wildman–Crippen LogP) is 3.66. The minimum absolute atomic E-state index is 0.143. The van der Waals surface area contributed by atoms with E-state index in [1.54, 1.807) is 18.0 Å². The van der Waals surface area contributed by atoms with Gasteiger partial charge in [0.2, 0.25) is 0 Å². The smallest absolute Gasteiger partial charge is 0.184 e. The van der Waals surface area contributed by atoms with Crippen LogP contribution in [-0.4, -0.2) is 11.3 Å². The van der Waals surface area contributed by atoms with Gasteiger partial charge >= 0.3 is 0 Å². The van der Waals surface area contributed by atoms with Crippen LogP contribution in [0.5, 0.6) is 0 Å². The van der Waals surface area contributed by atoms with Crippen LogP contribution in [0.3, 0.4) is 0 Å². The standard InChI is InChI=1S/C14H12ClN3S2/c15-11-5-7-12(8-6-11)20-13-4-2-1-3-10(13)9-17-18-14(16)19/h1-9H,(H3,16,18,19). The fraction of sp³-hybridized carbons (Fsp3) is 0. The molecular formula is C14H12ClN3S2. The largest absolute Gasteiger partial charge is 0.375 e. The van der Waals surface area contributed by atoms with Crippen molar-refractivity contribution in [3.63, 3.8) is 0 Å². The molecule has 0 spiro atoms. The summed E-state index contributed by atoms with van der Waals surface area (Å²) in [5, 5.41) is 4.85. The molecule has 6 heteroatoms. The van der Waals surface area contributed by atoms with E-state index in [9.17, 15) is 0 Å². The van der Waals surface area contributed by atoms with Crippen molar-refractivity contribution >= 4 is 46.9 Å². The number of rotatable bonds is 4. The monoisotopic (exact) mass is 321 g/mol. The molecule has 0 heterocycles. The summed E-state index contributed by atoms with van der Waals surface area (Å²) < 4.78 is 0.